The fourth-order valence-electron chi connectivity index (χ4n) is 2.27. The number of rotatable bonds is 7. The fourth-order valence-corrected chi connectivity index (χ4v) is 2.27. The van der Waals surface area contributed by atoms with Gasteiger partial charge >= 0.3 is 6.03 Å². The number of para-hydroxylation sites is 1. The van der Waals surface area contributed by atoms with E-state index in [2.05, 4.69) is 34.6 Å². The third-order valence-electron chi connectivity index (χ3n) is 3.57. The molecule has 1 heterocycles. The van der Waals surface area contributed by atoms with Gasteiger partial charge in [-0.2, -0.15) is 0 Å². The molecule has 0 bridgehead atoms. The molecular formula is C17H24N4O2. The first-order chi connectivity index (χ1) is 11.1. The molecule has 0 aliphatic rings. The maximum atomic E-state index is 12.0. The maximum Gasteiger partial charge on any atom is 0.317 e. The number of anilines is 1. The predicted octanol–water partition coefficient (Wildman–Crippen LogP) is 2.65. The van der Waals surface area contributed by atoms with E-state index in [1.165, 1.54) is 5.69 Å². The number of nitrogens with one attached hydrogen (secondary N) is 1. The molecule has 0 unspecified atom stereocenters. The monoisotopic (exact) mass is 316 g/mol. The molecule has 0 aliphatic carbocycles. The number of amides is 2. The van der Waals surface area contributed by atoms with E-state index in [-0.39, 0.29) is 6.03 Å². The molecule has 2 amide bonds. The molecule has 6 heteroatoms. The minimum atomic E-state index is -0.104. The van der Waals surface area contributed by atoms with Crippen molar-refractivity contribution < 1.29 is 9.32 Å². The van der Waals surface area contributed by atoms with E-state index in [0.717, 1.165) is 24.4 Å². The first-order valence-electron chi connectivity index (χ1n) is 7.73. The SMILES string of the molecule is Cc1cc(CN(C)C(=O)NCCCN(C)c2ccccc2)no1. The van der Waals surface area contributed by atoms with Gasteiger partial charge in [0.25, 0.3) is 0 Å². The minimum Gasteiger partial charge on any atom is -0.375 e. The van der Waals surface area contributed by atoms with Crippen molar-refractivity contribution in [2.24, 2.45) is 0 Å². The lowest BCUT2D eigenvalue weighted by Gasteiger charge is -2.20. The Hall–Kier alpha value is -2.50. The largest absolute Gasteiger partial charge is 0.375 e. The normalized spacial score (nSPS) is 10.4. The molecule has 2 rings (SSSR count). The van der Waals surface area contributed by atoms with E-state index in [0.29, 0.717) is 13.1 Å². The summed E-state index contributed by atoms with van der Waals surface area (Å²) in [7, 11) is 3.80. The Morgan fingerprint density at radius 1 is 1.26 bits per heavy atom. The van der Waals surface area contributed by atoms with E-state index in [4.69, 9.17) is 4.52 Å². The van der Waals surface area contributed by atoms with Crippen LogP contribution in [0, 0.1) is 6.92 Å². The molecule has 1 aromatic carbocycles. The molecule has 0 saturated heterocycles. The Labute approximate surface area is 137 Å². The Bertz CT molecular complexity index is 612. The summed E-state index contributed by atoms with van der Waals surface area (Å²) in [6, 6.07) is 11.9. The minimum absolute atomic E-state index is 0.104. The molecule has 0 spiro atoms. The van der Waals surface area contributed by atoms with E-state index in [1.54, 1.807) is 11.9 Å². The molecule has 0 aliphatic heterocycles. The fraction of sp³-hybridized carbons (Fsp3) is 0.412. The van der Waals surface area contributed by atoms with Crippen LogP contribution in [0.1, 0.15) is 17.9 Å². The quantitative estimate of drug-likeness (QED) is 0.798. The number of carbonyl (C=O) groups excluding carboxylic acids is 1. The van der Waals surface area contributed by atoms with E-state index < -0.39 is 0 Å². The summed E-state index contributed by atoms with van der Waals surface area (Å²) in [5, 5.41) is 6.81. The van der Waals surface area contributed by atoms with Crippen LogP contribution >= 0.6 is 0 Å². The molecule has 0 fully saturated rings. The van der Waals surface area contributed by atoms with Crippen molar-refractivity contribution in [2.75, 3.05) is 32.1 Å². The number of carbonyl (C=O) groups is 1. The first-order valence-corrected chi connectivity index (χ1v) is 7.73. The maximum absolute atomic E-state index is 12.0. The van der Waals surface area contributed by atoms with Gasteiger partial charge < -0.3 is 19.6 Å². The number of hydrogen-bond donors (Lipinski definition) is 1. The average molecular weight is 316 g/mol. The molecule has 124 valence electrons. The predicted molar refractivity (Wildman–Crippen MR) is 90.4 cm³/mol. The zero-order valence-electron chi connectivity index (χ0n) is 14.0. The highest BCUT2D eigenvalue weighted by atomic mass is 16.5. The standard InChI is InChI=1S/C17H24N4O2/c1-14-12-15(19-23-14)13-21(3)17(22)18-10-7-11-20(2)16-8-5-4-6-9-16/h4-6,8-9,12H,7,10-11,13H2,1-3H3,(H,18,22). The molecule has 0 atom stereocenters. The lowest BCUT2D eigenvalue weighted by Crippen LogP contribution is -2.38. The summed E-state index contributed by atoms with van der Waals surface area (Å²) in [6.07, 6.45) is 0.883. The summed E-state index contributed by atoms with van der Waals surface area (Å²) >= 11 is 0. The van der Waals surface area contributed by atoms with Crippen LogP contribution in [0.4, 0.5) is 10.5 Å². The van der Waals surface area contributed by atoms with Crippen molar-refractivity contribution in [3.05, 3.63) is 47.9 Å². The van der Waals surface area contributed by atoms with Crippen LogP contribution in [0.5, 0.6) is 0 Å². The number of benzene rings is 1. The van der Waals surface area contributed by atoms with Crippen molar-refractivity contribution in [1.29, 1.82) is 0 Å². The van der Waals surface area contributed by atoms with Gasteiger partial charge in [-0.1, -0.05) is 23.4 Å². The highest BCUT2D eigenvalue weighted by molar-refractivity contribution is 5.73. The molecule has 1 aromatic heterocycles. The zero-order chi connectivity index (χ0) is 16.7. The van der Waals surface area contributed by atoms with Gasteiger partial charge in [0.15, 0.2) is 0 Å². The highest BCUT2D eigenvalue weighted by Gasteiger charge is 2.11. The van der Waals surface area contributed by atoms with Gasteiger partial charge in [-0.05, 0) is 25.5 Å². The lowest BCUT2D eigenvalue weighted by atomic mass is 10.3. The van der Waals surface area contributed by atoms with Crippen molar-refractivity contribution in [1.82, 2.24) is 15.4 Å². The topological polar surface area (TPSA) is 61.6 Å². The molecule has 23 heavy (non-hydrogen) atoms. The van der Waals surface area contributed by atoms with Crippen LogP contribution in [-0.2, 0) is 6.54 Å². The van der Waals surface area contributed by atoms with Crippen LogP contribution in [0.2, 0.25) is 0 Å². The van der Waals surface area contributed by atoms with Gasteiger partial charge in [0.1, 0.15) is 11.5 Å². The molecule has 2 aromatic rings. The third-order valence-corrected chi connectivity index (χ3v) is 3.57. The Kier molecular flexibility index (Phi) is 6.02. The Morgan fingerprint density at radius 2 is 2.00 bits per heavy atom. The number of hydrogen-bond acceptors (Lipinski definition) is 4. The second-order valence-electron chi connectivity index (χ2n) is 5.63. The van der Waals surface area contributed by atoms with Crippen molar-refractivity contribution in [2.45, 2.75) is 19.9 Å². The molecule has 6 nitrogen and oxygen atoms in total. The number of nitrogens with zero attached hydrogens (tertiary/aromatic N) is 3. The van der Waals surface area contributed by atoms with Gasteiger partial charge in [-0.15, -0.1) is 0 Å². The number of urea groups is 1. The summed E-state index contributed by atoms with van der Waals surface area (Å²) in [5.74, 6) is 0.748. The van der Waals surface area contributed by atoms with Gasteiger partial charge in [-0.25, -0.2) is 4.79 Å². The molecule has 1 N–H and O–H groups in total. The first kappa shape index (κ1) is 16.9. The lowest BCUT2D eigenvalue weighted by molar-refractivity contribution is 0.205. The molecule has 0 saturated carbocycles. The smallest absolute Gasteiger partial charge is 0.317 e. The van der Waals surface area contributed by atoms with Gasteiger partial charge in [0.05, 0.1) is 6.54 Å². The Balaban J connectivity index is 1.66. The average Bonchev–Trinajstić information content (AvgIpc) is 2.96. The van der Waals surface area contributed by atoms with Crippen LogP contribution in [0.15, 0.2) is 40.9 Å². The van der Waals surface area contributed by atoms with Crippen molar-refractivity contribution in [3.63, 3.8) is 0 Å². The Morgan fingerprint density at radius 3 is 2.65 bits per heavy atom. The number of aromatic nitrogens is 1. The van der Waals surface area contributed by atoms with Crippen molar-refractivity contribution >= 4 is 11.7 Å². The van der Waals surface area contributed by atoms with Crippen LogP contribution in [0.25, 0.3) is 0 Å². The van der Waals surface area contributed by atoms with E-state index in [9.17, 15) is 4.79 Å². The van der Waals surface area contributed by atoms with Crippen molar-refractivity contribution in [3.8, 4) is 0 Å². The highest BCUT2D eigenvalue weighted by Crippen LogP contribution is 2.10. The van der Waals surface area contributed by atoms with Crippen LogP contribution < -0.4 is 10.2 Å². The zero-order valence-corrected chi connectivity index (χ0v) is 14.0. The summed E-state index contributed by atoms with van der Waals surface area (Å²) in [4.78, 5) is 15.8. The van der Waals surface area contributed by atoms with E-state index in [1.807, 2.05) is 31.2 Å². The summed E-state index contributed by atoms with van der Waals surface area (Å²) < 4.78 is 5.00. The second-order valence-corrected chi connectivity index (χ2v) is 5.63. The molecular weight excluding hydrogens is 292 g/mol. The van der Waals surface area contributed by atoms with Crippen LogP contribution in [-0.4, -0.2) is 43.3 Å². The third kappa shape index (κ3) is 5.32. The van der Waals surface area contributed by atoms with Gasteiger partial charge in [0, 0.05) is 38.9 Å². The summed E-state index contributed by atoms with van der Waals surface area (Å²) in [5.41, 5.74) is 1.93. The second kappa shape index (κ2) is 8.22. The van der Waals surface area contributed by atoms with Crippen LogP contribution in [0.3, 0.4) is 0 Å². The van der Waals surface area contributed by atoms with E-state index >= 15 is 0 Å². The molecule has 0 radical (unpaired) electrons. The summed E-state index contributed by atoms with van der Waals surface area (Å²) in [6.45, 7) is 3.79. The number of aryl methyl sites for hydroxylation is 1. The van der Waals surface area contributed by atoms with Gasteiger partial charge in [0.2, 0.25) is 0 Å². The van der Waals surface area contributed by atoms with Gasteiger partial charge in [-0.3, -0.25) is 0 Å².